The number of aromatic carboxylic acids is 1. The quantitative estimate of drug-likeness (QED) is 0.923. The molecule has 0 saturated carbocycles. The van der Waals surface area contributed by atoms with Crippen molar-refractivity contribution < 1.29 is 9.90 Å². The van der Waals surface area contributed by atoms with Gasteiger partial charge in [0.15, 0.2) is 5.69 Å². The van der Waals surface area contributed by atoms with Gasteiger partial charge in [-0.3, -0.25) is 0 Å². The second-order valence-electron chi connectivity index (χ2n) is 2.46. The lowest BCUT2D eigenvalue weighted by molar-refractivity contribution is 0.0692. The molecule has 2 aromatic rings. The Hall–Kier alpha value is -0.720. The summed E-state index contributed by atoms with van der Waals surface area (Å²) in [6, 6.07) is 1.89. The van der Waals surface area contributed by atoms with Crippen LogP contribution in [0.3, 0.4) is 0 Å². The Morgan fingerprint density at radius 3 is 2.86 bits per heavy atom. The second-order valence-corrected chi connectivity index (χ2v) is 5.15. The van der Waals surface area contributed by atoms with Crippen molar-refractivity contribution in [2.45, 2.75) is 0 Å². The molecule has 14 heavy (non-hydrogen) atoms. The smallest absolute Gasteiger partial charge is 0.356 e. The molecule has 0 saturated heterocycles. The van der Waals surface area contributed by atoms with Crippen molar-refractivity contribution >= 4 is 44.6 Å². The van der Waals surface area contributed by atoms with Crippen LogP contribution in [-0.2, 0) is 0 Å². The highest BCUT2D eigenvalue weighted by atomic mass is 79.9. The van der Waals surface area contributed by atoms with E-state index < -0.39 is 5.97 Å². The maximum atomic E-state index is 10.8. The summed E-state index contributed by atoms with van der Waals surface area (Å²) in [5, 5.41) is 10.8. The molecule has 0 bridgehead atoms. The van der Waals surface area contributed by atoms with E-state index in [1.54, 1.807) is 5.51 Å². The van der Waals surface area contributed by atoms with Gasteiger partial charge in [0.05, 0.1) is 10.4 Å². The highest BCUT2D eigenvalue weighted by Gasteiger charge is 2.16. The second kappa shape index (κ2) is 3.80. The molecule has 3 nitrogen and oxygen atoms in total. The lowest BCUT2D eigenvalue weighted by atomic mass is 10.3. The third kappa shape index (κ3) is 1.73. The molecule has 0 atom stereocenters. The number of carboxylic acid groups (broad SMARTS) is 1. The Bertz CT molecular complexity index is 477. The molecule has 6 heteroatoms. The van der Waals surface area contributed by atoms with Crippen LogP contribution < -0.4 is 0 Å². The normalized spacial score (nSPS) is 10.4. The van der Waals surface area contributed by atoms with E-state index >= 15 is 0 Å². The van der Waals surface area contributed by atoms with E-state index in [0.717, 1.165) is 9.35 Å². The zero-order valence-corrected chi connectivity index (χ0v) is 9.95. The molecule has 0 aliphatic heterocycles. The summed E-state index contributed by atoms with van der Waals surface area (Å²) in [6.07, 6.45) is 0. The summed E-state index contributed by atoms with van der Waals surface area (Å²) in [5.74, 6) is -0.981. The van der Waals surface area contributed by atoms with Crippen LogP contribution in [0.5, 0.6) is 0 Å². The average molecular weight is 290 g/mol. The van der Waals surface area contributed by atoms with E-state index in [4.69, 9.17) is 5.11 Å². The Labute approximate surface area is 96.2 Å². The van der Waals surface area contributed by atoms with Gasteiger partial charge in [-0.25, -0.2) is 9.78 Å². The van der Waals surface area contributed by atoms with Crippen molar-refractivity contribution in [1.29, 1.82) is 0 Å². The van der Waals surface area contributed by atoms with E-state index in [9.17, 15) is 4.79 Å². The summed E-state index contributed by atoms with van der Waals surface area (Å²) in [6.45, 7) is 0. The fourth-order valence-corrected chi connectivity index (χ4v) is 3.35. The number of nitrogens with zero attached hydrogens (tertiary/aromatic N) is 1. The fraction of sp³-hybridized carbons (Fsp3) is 0. The van der Waals surface area contributed by atoms with E-state index in [0.29, 0.717) is 4.88 Å². The Balaban J connectivity index is 2.51. The van der Waals surface area contributed by atoms with Gasteiger partial charge in [-0.05, 0) is 22.0 Å². The Morgan fingerprint density at radius 2 is 2.29 bits per heavy atom. The van der Waals surface area contributed by atoms with Crippen LogP contribution in [0.15, 0.2) is 21.4 Å². The van der Waals surface area contributed by atoms with Crippen LogP contribution in [0.1, 0.15) is 10.5 Å². The average Bonchev–Trinajstić information content (AvgIpc) is 2.70. The number of hydrogen-bond acceptors (Lipinski definition) is 4. The highest BCUT2D eigenvalue weighted by molar-refractivity contribution is 9.10. The minimum absolute atomic E-state index is 0.129. The molecular formula is C8H4BrNO2S2. The van der Waals surface area contributed by atoms with Gasteiger partial charge in [-0.2, -0.15) is 0 Å². The van der Waals surface area contributed by atoms with E-state index in [-0.39, 0.29) is 5.69 Å². The zero-order valence-electron chi connectivity index (χ0n) is 6.73. The molecule has 2 aromatic heterocycles. The molecule has 0 amide bonds. The summed E-state index contributed by atoms with van der Waals surface area (Å²) in [7, 11) is 0. The van der Waals surface area contributed by atoms with Crippen molar-refractivity contribution in [2.75, 3.05) is 0 Å². The van der Waals surface area contributed by atoms with Gasteiger partial charge in [0.2, 0.25) is 0 Å². The minimum Gasteiger partial charge on any atom is -0.476 e. The van der Waals surface area contributed by atoms with Gasteiger partial charge >= 0.3 is 5.97 Å². The van der Waals surface area contributed by atoms with Gasteiger partial charge < -0.3 is 5.11 Å². The van der Waals surface area contributed by atoms with Gasteiger partial charge in [0.1, 0.15) is 0 Å². The number of carboxylic acids is 1. The zero-order chi connectivity index (χ0) is 10.1. The molecule has 0 radical (unpaired) electrons. The fourth-order valence-electron chi connectivity index (χ4n) is 1.01. The molecule has 0 aromatic carbocycles. The first-order valence-electron chi connectivity index (χ1n) is 3.59. The van der Waals surface area contributed by atoms with Crippen LogP contribution in [0.4, 0.5) is 0 Å². The van der Waals surface area contributed by atoms with E-state index in [1.807, 2.05) is 11.4 Å². The van der Waals surface area contributed by atoms with Crippen molar-refractivity contribution in [3.63, 3.8) is 0 Å². The van der Waals surface area contributed by atoms with Crippen LogP contribution in [0, 0.1) is 0 Å². The number of aromatic nitrogens is 1. The van der Waals surface area contributed by atoms with Crippen LogP contribution in [-0.4, -0.2) is 16.1 Å². The predicted molar refractivity (Wildman–Crippen MR) is 60.1 cm³/mol. The summed E-state index contributed by atoms with van der Waals surface area (Å²) in [4.78, 5) is 16.3. The molecule has 1 N–H and O–H groups in total. The number of rotatable bonds is 2. The van der Waals surface area contributed by atoms with Gasteiger partial charge in [-0.1, -0.05) is 0 Å². The summed E-state index contributed by atoms with van der Waals surface area (Å²) >= 11 is 6.17. The summed E-state index contributed by atoms with van der Waals surface area (Å²) < 4.78 is 0.960. The first-order chi connectivity index (χ1) is 6.68. The summed E-state index contributed by atoms with van der Waals surface area (Å²) in [5.41, 5.74) is 1.68. The Morgan fingerprint density at radius 1 is 1.50 bits per heavy atom. The number of carbonyl (C=O) groups is 1. The molecule has 0 fully saturated rings. The Kier molecular flexibility index (Phi) is 2.66. The van der Waals surface area contributed by atoms with Crippen molar-refractivity contribution in [3.8, 4) is 9.75 Å². The maximum absolute atomic E-state index is 10.8. The van der Waals surface area contributed by atoms with Gasteiger partial charge in [0.25, 0.3) is 0 Å². The minimum atomic E-state index is -0.981. The van der Waals surface area contributed by atoms with Crippen LogP contribution >= 0.6 is 38.6 Å². The molecule has 0 aliphatic carbocycles. The molecule has 2 rings (SSSR count). The topological polar surface area (TPSA) is 50.2 Å². The van der Waals surface area contributed by atoms with Gasteiger partial charge in [0, 0.05) is 14.7 Å². The molecule has 0 unspecified atom stereocenters. The molecule has 2 heterocycles. The van der Waals surface area contributed by atoms with Crippen molar-refractivity contribution in [1.82, 2.24) is 4.98 Å². The number of halogens is 1. The standard InChI is InChI=1S/C8H4BrNO2S2/c9-4-1-5(13-2-4)7-6(8(11)12)10-3-14-7/h1-3H,(H,11,12). The third-order valence-electron chi connectivity index (χ3n) is 1.56. The highest BCUT2D eigenvalue weighted by Crippen LogP contribution is 2.34. The maximum Gasteiger partial charge on any atom is 0.356 e. The predicted octanol–water partition coefficient (Wildman–Crippen LogP) is 3.33. The molecule has 72 valence electrons. The lowest BCUT2D eigenvalue weighted by Gasteiger charge is -1.92. The first-order valence-corrected chi connectivity index (χ1v) is 6.15. The van der Waals surface area contributed by atoms with Gasteiger partial charge in [-0.15, -0.1) is 22.7 Å². The van der Waals surface area contributed by atoms with Crippen LogP contribution in [0.2, 0.25) is 0 Å². The lowest BCUT2D eigenvalue weighted by Crippen LogP contribution is -1.97. The molecule has 0 spiro atoms. The van der Waals surface area contributed by atoms with Crippen molar-refractivity contribution in [2.24, 2.45) is 0 Å². The van der Waals surface area contributed by atoms with Crippen molar-refractivity contribution in [3.05, 3.63) is 27.1 Å². The number of thiophene rings is 1. The number of thiazole rings is 1. The monoisotopic (exact) mass is 289 g/mol. The SMILES string of the molecule is O=C(O)c1ncsc1-c1cc(Br)cs1. The molecular weight excluding hydrogens is 286 g/mol. The number of hydrogen-bond donors (Lipinski definition) is 1. The van der Waals surface area contributed by atoms with E-state index in [1.165, 1.54) is 22.7 Å². The largest absolute Gasteiger partial charge is 0.476 e. The molecule has 0 aliphatic rings. The third-order valence-corrected chi connectivity index (χ3v) is 4.26. The van der Waals surface area contributed by atoms with Crippen LogP contribution in [0.25, 0.3) is 9.75 Å². The first kappa shape index (κ1) is 9.82. The van der Waals surface area contributed by atoms with E-state index in [2.05, 4.69) is 20.9 Å².